The Morgan fingerprint density at radius 1 is 1.05 bits per heavy atom. The van der Waals surface area contributed by atoms with Gasteiger partial charge in [0.25, 0.3) is 0 Å². The minimum Gasteiger partial charge on any atom is -0.462 e. The Hall–Kier alpha value is -3.34. The molecule has 2 atom stereocenters. The van der Waals surface area contributed by atoms with E-state index in [1.54, 1.807) is 11.8 Å². The monoisotopic (exact) mass is 582 g/mol. The molecule has 1 aromatic heterocycles. The van der Waals surface area contributed by atoms with Crippen molar-refractivity contribution in [2.24, 2.45) is 11.8 Å². The molecule has 2 aliphatic rings. The Kier molecular flexibility index (Phi) is 10.2. The molecular weight excluding hydrogens is 540 g/mol. The number of nitrogens with zero attached hydrogens (tertiary/aromatic N) is 4. The molecule has 0 bridgehead atoms. The van der Waals surface area contributed by atoms with Gasteiger partial charge in [0.1, 0.15) is 6.10 Å². The van der Waals surface area contributed by atoms with E-state index in [2.05, 4.69) is 64.2 Å². The minimum absolute atomic E-state index is 0.234. The highest BCUT2D eigenvalue weighted by Crippen LogP contribution is 2.43. The molecule has 5 rings (SSSR count). The lowest BCUT2D eigenvalue weighted by Gasteiger charge is -2.46. The van der Waals surface area contributed by atoms with E-state index in [1.165, 1.54) is 22.4 Å². The number of ether oxygens (including phenoxy) is 1. The molecule has 2 aromatic carbocycles. The third-order valence-corrected chi connectivity index (χ3v) is 9.84. The summed E-state index contributed by atoms with van der Waals surface area (Å²) in [6, 6.07) is 25.9. The molecule has 0 saturated carbocycles. The van der Waals surface area contributed by atoms with Crippen LogP contribution < -0.4 is 4.90 Å². The molecule has 220 valence electrons. The first-order valence-corrected chi connectivity index (χ1v) is 16.1. The van der Waals surface area contributed by atoms with Gasteiger partial charge in [0, 0.05) is 66.8 Å². The molecule has 2 unspecified atom stereocenters. The Bertz CT molecular complexity index is 1320. The molecule has 2 saturated heterocycles. The van der Waals surface area contributed by atoms with Gasteiger partial charge in [0.2, 0.25) is 0 Å². The minimum atomic E-state index is -0.655. The fraction of sp³-hybridized carbons (Fsp3) is 0.457. The van der Waals surface area contributed by atoms with E-state index in [0.29, 0.717) is 12.3 Å². The summed E-state index contributed by atoms with van der Waals surface area (Å²) in [5.74, 6) is 0.634. The molecule has 3 heterocycles. The van der Waals surface area contributed by atoms with Crippen LogP contribution in [0.4, 0.5) is 5.69 Å². The first-order valence-electron chi connectivity index (χ1n) is 15.3. The van der Waals surface area contributed by atoms with E-state index in [1.807, 2.05) is 42.7 Å². The number of rotatable bonds is 12. The number of pyridine rings is 1. The normalized spacial score (nSPS) is 18.5. The van der Waals surface area contributed by atoms with E-state index >= 15 is 0 Å². The van der Waals surface area contributed by atoms with E-state index in [-0.39, 0.29) is 18.0 Å². The average Bonchev–Trinajstić information content (AvgIpc) is 2.99. The number of likely N-dealkylation sites (tertiary alicyclic amines) is 1. The van der Waals surface area contributed by atoms with Crippen molar-refractivity contribution in [3.8, 4) is 6.07 Å². The number of carbonyl (C=O) groups excluding carboxylic acids is 1. The number of aromatic nitrogens is 1. The summed E-state index contributed by atoms with van der Waals surface area (Å²) in [6.07, 6.45) is 7.63. The molecule has 2 fully saturated rings. The maximum absolute atomic E-state index is 11.9. The van der Waals surface area contributed by atoms with Crippen molar-refractivity contribution in [1.82, 2.24) is 9.88 Å². The maximum atomic E-state index is 11.9. The maximum Gasteiger partial charge on any atom is 0.302 e. The van der Waals surface area contributed by atoms with Crippen molar-refractivity contribution >= 4 is 23.4 Å². The largest absolute Gasteiger partial charge is 0.462 e. The smallest absolute Gasteiger partial charge is 0.302 e. The van der Waals surface area contributed by atoms with Gasteiger partial charge in [-0.05, 0) is 80.2 Å². The molecule has 3 aromatic rings. The molecule has 0 N–H and O–H groups in total. The van der Waals surface area contributed by atoms with Crippen LogP contribution in [0.5, 0.6) is 0 Å². The Morgan fingerprint density at radius 2 is 1.71 bits per heavy atom. The standard InChI is InChI=1S/C35H42N4O2S/c1-3-7-32(41-27(2)40)22-35(26-36,29-8-5-4-6-9-29)30-16-20-38(21-17-30)23-28-24-39(25-28)31-10-12-33(13-11-31)42-34-14-18-37-19-15-34/h4-6,8-15,18-19,28,30,32H,3,7,16-17,20-25H2,1-2H3. The van der Waals surface area contributed by atoms with Gasteiger partial charge in [0.15, 0.2) is 0 Å². The van der Waals surface area contributed by atoms with Crippen LogP contribution in [0.15, 0.2) is 88.9 Å². The van der Waals surface area contributed by atoms with Gasteiger partial charge in [-0.2, -0.15) is 5.26 Å². The number of hydrogen-bond acceptors (Lipinski definition) is 7. The number of piperidine rings is 1. The van der Waals surface area contributed by atoms with Gasteiger partial charge in [-0.15, -0.1) is 0 Å². The van der Waals surface area contributed by atoms with E-state index < -0.39 is 5.41 Å². The number of esters is 1. The Morgan fingerprint density at radius 3 is 2.33 bits per heavy atom. The van der Waals surface area contributed by atoms with Gasteiger partial charge < -0.3 is 14.5 Å². The second-order valence-corrected chi connectivity index (χ2v) is 12.9. The van der Waals surface area contributed by atoms with Gasteiger partial charge in [-0.1, -0.05) is 55.4 Å². The molecule has 7 heteroatoms. The van der Waals surface area contributed by atoms with Gasteiger partial charge in [-0.3, -0.25) is 9.78 Å². The molecule has 42 heavy (non-hydrogen) atoms. The molecular formula is C35H42N4O2S. The summed E-state index contributed by atoms with van der Waals surface area (Å²) in [6.45, 7) is 8.86. The van der Waals surface area contributed by atoms with Gasteiger partial charge in [-0.25, -0.2) is 0 Å². The van der Waals surface area contributed by atoms with Crippen molar-refractivity contribution in [2.75, 3.05) is 37.6 Å². The lowest BCUT2D eigenvalue weighted by Crippen LogP contribution is -2.53. The van der Waals surface area contributed by atoms with Crippen LogP contribution in [0.25, 0.3) is 0 Å². The summed E-state index contributed by atoms with van der Waals surface area (Å²) < 4.78 is 5.73. The molecule has 0 aliphatic carbocycles. The second kappa shape index (κ2) is 14.2. The summed E-state index contributed by atoms with van der Waals surface area (Å²) in [5, 5.41) is 10.7. The van der Waals surface area contributed by atoms with Crippen molar-refractivity contribution in [1.29, 1.82) is 5.26 Å². The zero-order chi connectivity index (χ0) is 29.4. The van der Waals surface area contributed by atoms with Crippen molar-refractivity contribution < 1.29 is 9.53 Å². The molecule has 0 spiro atoms. The van der Waals surface area contributed by atoms with Crippen LogP contribution in [0.3, 0.4) is 0 Å². The van der Waals surface area contributed by atoms with Crippen molar-refractivity contribution in [2.45, 2.75) is 67.3 Å². The fourth-order valence-electron chi connectivity index (χ4n) is 6.71. The molecule has 2 aliphatic heterocycles. The van der Waals surface area contributed by atoms with Crippen LogP contribution in [0.2, 0.25) is 0 Å². The van der Waals surface area contributed by atoms with Gasteiger partial charge in [0.05, 0.1) is 11.5 Å². The fourth-order valence-corrected chi connectivity index (χ4v) is 7.51. The average molecular weight is 583 g/mol. The second-order valence-electron chi connectivity index (χ2n) is 11.8. The van der Waals surface area contributed by atoms with Crippen LogP contribution in [0.1, 0.15) is 51.5 Å². The zero-order valence-corrected chi connectivity index (χ0v) is 25.6. The summed E-state index contributed by atoms with van der Waals surface area (Å²) >= 11 is 1.76. The first-order chi connectivity index (χ1) is 20.5. The summed E-state index contributed by atoms with van der Waals surface area (Å²) in [4.78, 5) is 23.5. The van der Waals surface area contributed by atoms with Gasteiger partial charge >= 0.3 is 5.97 Å². The highest BCUT2D eigenvalue weighted by atomic mass is 32.2. The third-order valence-electron chi connectivity index (χ3n) is 8.83. The zero-order valence-electron chi connectivity index (χ0n) is 24.8. The molecule has 0 amide bonds. The van der Waals surface area contributed by atoms with E-state index in [4.69, 9.17) is 4.74 Å². The van der Waals surface area contributed by atoms with Crippen LogP contribution >= 0.6 is 11.8 Å². The quantitative estimate of drug-likeness (QED) is 0.214. The number of anilines is 1. The topological polar surface area (TPSA) is 69.5 Å². The molecule has 6 nitrogen and oxygen atoms in total. The lowest BCUT2D eigenvalue weighted by molar-refractivity contribution is -0.147. The predicted molar refractivity (Wildman–Crippen MR) is 168 cm³/mol. The Labute approximate surface area is 255 Å². The van der Waals surface area contributed by atoms with E-state index in [9.17, 15) is 10.1 Å². The first kappa shape index (κ1) is 30.1. The number of hydrogen-bond donors (Lipinski definition) is 0. The Balaban J connectivity index is 1.15. The van der Waals surface area contributed by atoms with Crippen LogP contribution in [0, 0.1) is 23.2 Å². The highest BCUT2D eigenvalue weighted by molar-refractivity contribution is 7.99. The summed E-state index contributed by atoms with van der Waals surface area (Å²) in [7, 11) is 0. The van der Waals surface area contributed by atoms with Crippen LogP contribution in [-0.2, 0) is 14.9 Å². The van der Waals surface area contributed by atoms with Crippen LogP contribution in [-0.4, -0.2) is 54.7 Å². The van der Waals surface area contributed by atoms with Crippen molar-refractivity contribution in [3.05, 3.63) is 84.7 Å². The highest BCUT2D eigenvalue weighted by Gasteiger charge is 2.44. The molecule has 0 radical (unpaired) electrons. The summed E-state index contributed by atoms with van der Waals surface area (Å²) in [5.41, 5.74) is 1.69. The SMILES string of the molecule is CCCC(CC(C#N)(c1ccccc1)C1CCN(CC2CN(c3ccc(Sc4ccncc4)cc3)C2)CC1)OC(C)=O. The number of benzene rings is 2. The lowest BCUT2D eigenvalue weighted by atomic mass is 9.64. The number of nitriles is 1. The van der Waals surface area contributed by atoms with Crippen molar-refractivity contribution in [3.63, 3.8) is 0 Å². The van der Waals surface area contributed by atoms with E-state index in [0.717, 1.165) is 64.0 Å². The predicted octanol–water partition coefficient (Wildman–Crippen LogP) is 6.96. The number of carbonyl (C=O) groups is 1. The third kappa shape index (κ3) is 7.35.